The summed E-state index contributed by atoms with van der Waals surface area (Å²) in [4.78, 5) is 0. The molecule has 1 aromatic heterocycles. The third-order valence-electron chi connectivity index (χ3n) is 2.45. The van der Waals surface area contributed by atoms with Crippen LogP contribution in [-0.4, -0.2) is 20.1 Å². The fraction of sp³-hybridized carbons (Fsp3) is 0.273. The van der Waals surface area contributed by atoms with Crippen LogP contribution < -0.4 is 5.73 Å². The smallest absolute Gasteiger partial charge is 0.117 e. The van der Waals surface area contributed by atoms with Gasteiger partial charge in [0.15, 0.2) is 0 Å². The van der Waals surface area contributed by atoms with Crippen LogP contribution in [-0.2, 0) is 13.0 Å². The van der Waals surface area contributed by atoms with Gasteiger partial charge in [-0.05, 0) is 18.6 Å². The SMILES string of the molecule is CCc1nnn(-c2cccc(O)c2)c1CN. The molecular formula is C11H14N4O. The number of phenolic OH excluding ortho intramolecular Hbond substituents is 1. The fourth-order valence-electron chi connectivity index (χ4n) is 1.64. The van der Waals surface area contributed by atoms with Crippen LogP contribution >= 0.6 is 0 Å². The topological polar surface area (TPSA) is 77.0 Å². The number of hydrogen-bond donors (Lipinski definition) is 2. The van der Waals surface area contributed by atoms with Crippen molar-refractivity contribution in [2.45, 2.75) is 19.9 Å². The van der Waals surface area contributed by atoms with Crippen molar-refractivity contribution in [1.82, 2.24) is 15.0 Å². The first-order valence-electron chi connectivity index (χ1n) is 5.19. The predicted octanol–water partition coefficient (Wildman–Crippen LogP) is 0.994. The molecule has 84 valence electrons. The molecular weight excluding hydrogens is 204 g/mol. The number of aromatic nitrogens is 3. The minimum Gasteiger partial charge on any atom is -0.508 e. The molecule has 0 aliphatic heterocycles. The van der Waals surface area contributed by atoms with Crippen molar-refractivity contribution in [1.29, 1.82) is 0 Å². The number of aromatic hydroxyl groups is 1. The Balaban J connectivity index is 2.51. The summed E-state index contributed by atoms with van der Waals surface area (Å²) in [7, 11) is 0. The maximum Gasteiger partial charge on any atom is 0.117 e. The van der Waals surface area contributed by atoms with Gasteiger partial charge < -0.3 is 10.8 Å². The van der Waals surface area contributed by atoms with Crippen molar-refractivity contribution in [2.75, 3.05) is 0 Å². The third kappa shape index (κ3) is 1.77. The normalized spacial score (nSPS) is 10.6. The fourth-order valence-corrected chi connectivity index (χ4v) is 1.64. The predicted molar refractivity (Wildman–Crippen MR) is 60.3 cm³/mol. The zero-order valence-corrected chi connectivity index (χ0v) is 9.09. The number of phenols is 1. The lowest BCUT2D eigenvalue weighted by Crippen LogP contribution is -2.08. The summed E-state index contributed by atoms with van der Waals surface area (Å²) in [6.07, 6.45) is 0.797. The van der Waals surface area contributed by atoms with E-state index in [2.05, 4.69) is 10.3 Å². The van der Waals surface area contributed by atoms with E-state index in [9.17, 15) is 5.11 Å². The van der Waals surface area contributed by atoms with Crippen molar-refractivity contribution < 1.29 is 5.11 Å². The zero-order valence-electron chi connectivity index (χ0n) is 9.09. The lowest BCUT2D eigenvalue weighted by Gasteiger charge is -2.05. The van der Waals surface area contributed by atoms with E-state index in [1.165, 1.54) is 0 Å². The van der Waals surface area contributed by atoms with Gasteiger partial charge in [0.25, 0.3) is 0 Å². The quantitative estimate of drug-likeness (QED) is 0.805. The van der Waals surface area contributed by atoms with Gasteiger partial charge in [0.05, 0.1) is 17.1 Å². The summed E-state index contributed by atoms with van der Waals surface area (Å²) < 4.78 is 1.67. The molecule has 0 radical (unpaired) electrons. The van der Waals surface area contributed by atoms with E-state index in [1.807, 2.05) is 13.0 Å². The molecule has 0 spiro atoms. The highest BCUT2D eigenvalue weighted by Crippen LogP contribution is 2.17. The monoisotopic (exact) mass is 218 g/mol. The lowest BCUT2D eigenvalue weighted by atomic mass is 10.2. The van der Waals surface area contributed by atoms with Crippen LogP contribution in [0.3, 0.4) is 0 Å². The summed E-state index contributed by atoms with van der Waals surface area (Å²) in [5, 5.41) is 17.5. The van der Waals surface area contributed by atoms with Crippen LogP contribution in [0.15, 0.2) is 24.3 Å². The van der Waals surface area contributed by atoms with Gasteiger partial charge in [-0.1, -0.05) is 18.2 Å². The van der Waals surface area contributed by atoms with E-state index in [1.54, 1.807) is 22.9 Å². The molecule has 5 nitrogen and oxygen atoms in total. The first-order valence-corrected chi connectivity index (χ1v) is 5.19. The Hall–Kier alpha value is -1.88. The number of benzene rings is 1. The van der Waals surface area contributed by atoms with Crippen LogP contribution in [0.25, 0.3) is 5.69 Å². The Morgan fingerprint density at radius 1 is 1.44 bits per heavy atom. The van der Waals surface area contributed by atoms with E-state index in [4.69, 9.17) is 5.73 Å². The van der Waals surface area contributed by atoms with Crippen LogP contribution in [0, 0.1) is 0 Å². The second-order valence-electron chi connectivity index (χ2n) is 3.47. The highest BCUT2D eigenvalue weighted by molar-refractivity contribution is 5.39. The number of rotatable bonds is 3. The molecule has 0 saturated carbocycles. The number of nitrogens with two attached hydrogens (primary N) is 1. The van der Waals surface area contributed by atoms with Crippen molar-refractivity contribution in [3.8, 4) is 11.4 Å². The maximum absolute atomic E-state index is 9.41. The summed E-state index contributed by atoms with van der Waals surface area (Å²) in [5.41, 5.74) is 8.23. The number of nitrogens with zero attached hydrogens (tertiary/aromatic N) is 3. The summed E-state index contributed by atoms with van der Waals surface area (Å²) in [6, 6.07) is 6.86. The van der Waals surface area contributed by atoms with Gasteiger partial charge in [0.2, 0.25) is 0 Å². The minimum absolute atomic E-state index is 0.203. The van der Waals surface area contributed by atoms with Gasteiger partial charge in [-0.3, -0.25) is 0 Å². The summed E-state index contributed by atoms with van der Waals surface area (Å²) in [6.45, 7) is 2.39. The second-order valence-corrected chi connectivity index (χ2v) is 3.47. The van der Waals surface area contributed by atoms with Crippen molar-refractivity contribution in [3.63, 3.8) is 0 Å². The Morgan fingerprint density at radius 3 is 2.88 bits per heavy atom. The van der Waals surface area contributed by atoms with E-state index in [0.29, 0.717) is 6.54 Å². The molecule has 0 amide bonds. The van der Waals surface area contributed by atoms with Gasteiger partial charge >= 0.3 is 0 Å². The molecule has 2 rings (SSSR count). The maximum atomic E-state index is 9.41. The highest BCUT2D eigenvalue weighted by atomic mass is 16.3. The van der Waals surface area contributed by atoms with E-state index < -0.39 is 0 Å². The molecule has 1 heterocycles. The standard InChI is InChI=1S/C11H14N4O/c1-2-10-11(7-12)15(14-13-10)8-4-3-5-9(16)6-8/h3-6,16H,2,7,12H2,1H3. The molecule has 0 unspecified atom stereocenters. The first-order chi connectivity index (χ1) is 7.76. The van der Waals surface area contributed by atoms with Crippen LogP contribution in [0.4, 0.5) is 0 Å². The number of aryl methyl sites for hydroxylation is 1. The molecule has 0 atom stereocenters. The van der Waals surface area contributed by atoms with E-state index in [0.717, 1.165) is 23.5 Å². The minimum atomic E-state index is 0.203. The van der Waals surface area contributed by atoms with Crippen LogP contribution in [0.1, 0.15) is 18.3 Å². The summed E-state index contributed by atoms with van der Waals surface area (Å²) in [5.74, 6) is 0.203. The second kappa shape index (κ2) is 4.32. The lowest BCUT2D eigenvalue weighted by molar-refractivity contribution is 0.474. The van der Waals surface area contributed by atoms with E-state index in [-0.39, 0.29) is 5.75 Å². The zero-order chi connectivity index (χ0) is 11.5. The molecule has 0 aliphatic carbocycles. The average molecular weight is 218 g/mol. The molecule has 5 heteroatoms. The Bertz CT molecular complexity index is 492. The molecule has 2 aromatic rings. The molecule has 3 N–H and O–H groups in total. The molecule has 16 heavy (non-hydrogen) atoms. The molecule has 0 bridgehead atoms. The molecule has 1 aromatic carbocycles. The third-order valence-corrected chi connectivity index (χ3v) is 2.45. The van der Waals surface area contributed by atoms with Gasteiger partial charge in [-0.25, -0.2) is 4.68 Å². The molecule has 0 saturated heterocycles. The van der Waals surface area contributed by atoms with Crippen molar-refractivity contribution >= 4 is 0 Å². The molecule has 0 fully saturated rings. The summed E-state index contributed by atoms with van der Waals surface area (Å²) >= 11 is 0. The Kier molecular flexibility index (Phi) is 2.87. The van der Waals surface area contributed by atoms with Gasteiger partial charge in [0, 0.05) is 12.6 Å². The van der Waals surface area contributed by atoms with Crippen LogP contribution in [0.5, 0.6) is 5.75 Å². The van der Waals surface area contributed by atoms with Crippen LogP contribution in [0.2, 0.25) is 0 Å². The average Bonchev–Trinajstić information content (AvgIpc) is 2.71. The van der Waals surface area contributed by atoms with Crippen molar-refractivity contribution in [2.24, 2.45) is 5.73 Å². The van der Waals surface area contributed by atoms with E-state index >= 15 is 0 Å². The van der Waals surface area contributed by atoms with Gasteiger partial charge in [0.1, 0.15) is 5.75 Å². The first kappa shape index (κ1) is 10.6. The Morgan fingerprint density at radius 2 is 2.25 bits per heavy atom. The highest BCUT2D eigenvalue weighted by Gasteiger charge is 2.11. The number of hydrogen-bond acceptors (Lipinski definition) is 4. The van der Waals surface area contributed by atoms with Crippen molar-refractivity contribution in [3.05, 3.63) is 35.7 Å². The molecule has 0 aliphatic rings. The Labute approximate surface area is 93.5 Å². The largest absolute Gasteiger partial charge is 0.508 e. The van der Waals surface area contributed by atoms with Gasteiger partial charge in [-0.2, -0.15) is 0 Å². The van der Waals surface area contributed by atoms with Gasteiger partial charge in [-0.15, -0.1) is 5.10 Å².